The van der Waals surface area contributed by atoms with Gasteiger partial charge in [-0.05, 0) is 72.1 Å². The smallest absolute Gasteiger partial charge is 0.335 e. The largest absolute Gasteiger partial charge is 0.489 e. The molecule has 0 radical (unpaired) electrons. The first-order valence-corrected chi connectivity index (χ1v) is 12.1. The lowest BCUT2D eigenvalue weighted by Gasteiger charge is -2.37. The number of aliphatic carboxylic acids is 1. The number of nitrogens with one attached hydrogen (secondary N) is 1. The van der Waals surface area contributed by atoms with Crippen LogP contribution in [0.25, 0.3) is 10.8 Å². The second-order valence-corrected chi connectivity index (χ2v) is 9.49. The van der Waals surface area contributed by atoms with E-state index in [2.05, 4.69) is 66.8 Å². The topological polar surface area (TPSA) is 58.6 Å². The van der Waals surface area contributed by atoms with Gasteiger partial charge in [0.05, 0.1) is 5.57 Å². The van der Waals surface area contributed by atoms with Crippen LogP contribution in [0.5, 0.6) is 5.75 Å². The van der Waals surface area contributed by atoms with Gasteiger partial charge in [0.15, 0.2) is 0 Å². The molecule has 0 aromatic heterocycles. The van der Waals surface area contributed by atoms with Crippen molar-refractivity contribution in [2.45, 2.75) is 44.8 Å². The van der Waals surface area contributed by atoms with Crippen molar-refractivity contribution in [3.63, 3.8) is 0 Å². The zero-order valence-corrected chi connectivity index (χ0v) is 19.7. The van der Waals surface area contributed by atoms with Crippen LogP contribution in [0.3, 0.4) is 0 Å². The molecule has 3 aromatic carbocycles. The zero-order chi connectivity index (χ0) is 23.7. The predicted molar refractivity (Wildman–Crippen MR) is 136 cm³/mol. The summed E-state index contributed by atoms with van der Waals surface area (Å²) in [7, 11) is 0. The molecule has 1 aliphatic heterocycles. The van der Waals surface area contributed by atoms with E-state index in [1.807, 2.05) is 31.2 Å². The minimum atomic E-state index is -0.846. The number of carboxylic acids is 1. The van der Waals surface area contributed by atoms with Gasteiger partial charge >= 0.3 is 5.97 Å². The van der Waals surface area contributed by atoms with E-state index in [1.54, 1.807) is 0 Å². The average Bonchev–Trinajstić information content (AvgIpc) is 2.86. The van der Waals surface area contributed by atoms with Crippen molar-refractivity contribution in [2.24, 2.45) is 5.92 Å². The number of hydrogen-bond donors (Lipinski definition) is 2. The van der Waals surface area contributed by atoms with Crippen LogP contribution in [0.2, 0.25) is 0 Å². The molecule has 34 heavy (non-hydrogen) atoms. The Balaban J connectivity index is 1.35. The van der Waals surface area contributed by atoms with Crippen molar-refractivity contribution < 1.29 is 14.6 Å². The Morgan fingerprint density at radius 3 is 2.71 bits per heavy atom. The van der Waals surface area contributed by atoms with Gasteiger partial charge in [0, 0.05) is 12.6 Å². The third-order valence-corrected chi connectivity index (χ3v) is 7.32. The maximum atomic E-state index is 11.8. The maximum Gasteiger partial charge on any atom is 0.335 e. The summed E-state index contributed by atoms with van der Waals surface area (Å²) in [6.07, 6.45) is 5.77. The molecule has 0 saturated heterocycles. The number of carboxylic acid groups (broad SMARTS) is 1. The highest BCUT2D eigenvalue weighted by atomic mass is 16.5. The van der Waals surface area contributed by atoms with Crippen molar-refractivity contribution in [1.29, 1.82) is 0 Å². The molecule has 4 unspecified atom stereocenters. The lowest BCUT2D eigenvalue weighted by atomic mass is 9.75. The number of rotatable bonds is 6. The summed E-state index contributed by atoms with van der Waals surface area (Å²) >= 11 is 0. The van der Waals surface area contributed by atoms with Crippen LogP contribution < -0.4 is 10.1 Å². The molecule has 0 fully saturated rings. The molecule has 174 valence electrons. The number of fused-ring (bicyclic) bond motifs is 2. The van der Waals surface area contributed by atoms with Crippen molar-refractivity contribution in [1.82, 2.24) is 5.32 Å². The Morgan fingerprint density at radius 1 is 1.09 bits per heavy atom. The number of carbonyl (C=O) groups is 1. The van der Waals surface area contributed by atoms with Crippen LogP contribution in [0.15, 0.2) is 90.0 Å². The fourth-order valence-electron chi connectivity index (χ4n) is 5.47. The number of benzene rings is 3. The third kappa shape index (κ3) is 4.38. The summed E-state index contributed by atoms with van der Waals surface area (Å²) in [6, 6.07) is 23.3. The van der Waals surface area contributed by atoms with Gasteiger partial charge in [0.2, 0.25) is 0 Å². The number of ether oxygens (including phenoxy) is 1. The van der Waals surface area contributed by atoms with E-state index < -0.39 is 5.97 Å². The summed E-state index contributed by atoms with van der Waals surface area (Å²) in [6.45, 7) is 4.81. The molecule has 0 spiro atoms. The van der Waals surface area contributed by atoms with Crippen molar-refractivity contribution >= 4 is 16.7 Å². The highest BCUT2D eigenvalue weighted by molar-refractivity contribution is 5.92. The second-order valence-electron chi connectivity index (χ2n) is 9.49. The van der Waals surface area contributed by atoms with Crippen LogP contribution in [0, 0.1) is 5.92 Å². The zero-order valence-electron chi connectivity index (χ0n) is 19.7. The monoisotopic (exact) mass is 453 g/mol. The molecule has 4 heteroatoms. The molecule has 1 heterocycles. The molecule has 2 aliphatic rings. The van der Waals surface area contributed by atoms with Gasteiger partial charge in [-0.25, -0.2) is 4.79 Å². The molecule has 0 amide bonds. The molecule has 5 rings (SSSR count). The molecular weight excluding hydrogens is 422 g/mol. The molecule has 0 saturated carbocycles. The highest BCUT2D eigenvalue weighted by Crippen LogP contribution is 2.44. The van der Waals surface area contributed by atoms with Crippen LogP contribution in [-0.2, 0) is 4.79 Å². The van der Waals surface area contributed by atoms with Gasteiger partial charge in [-0.3, -0.25) is 0 Å². The first-order valence-electron chi connectivity index (χ1n) is 12.1. The summed E-state index contributed by atoms with van der Waals surface area (Å²) in [5.41, 5.74) is 3.75. The van der Waals surface area contributed by atoms with E-state index in [4.69, 9.17) is 4.74 Å². The van der Waals surface area contributed by atoms with Gasteiger partial charge < -0.3 is 15.2 Å². The average molecular weight is 454 g/mol. The minimum absolute atomic E-state index is 0.0195. The first-order chi connectivity index (χ1) is 16.5. The quantitative estimate of drug-likeness (QED) is 0.453. The Bertz CT molecular complexity index is 1270. The lowest BCUT2D eigenvalue weighted by molar-refractivity contribution is -0.132. The van der Waals surface area contributed by atoms with Crippen molar-refractivity contribution in [2.75, 3.05) is 6.54 Å². The molecule has 4 atom stereocenters. The summed E-state index contributed by atoms with van der Waals surface area (Å²) in [5.74, 6) is 0.446. The Labute approximate surface area is 201 Å². The molecule has 0 bridgehead atoms. The van der Waals surface area contributed by atoms with Gasteiger partial charge in [0.1, 0.15) is 11.9 Å². The summed E-state index contributed by atoms with van der Waals surface area (Å²) < 4.78 is 6.41. The van der Waals surface area contributed by atoms with Crippen LogP contribution in [0.4, 0.5) is 0 Å². The predicted octanol–water partition coefficient (Wildman–Crippen LogP) is 6.40. The molecule has 2 N–H and O–H groups in total. The minimum Gasteiger partial charge on any atom is -0.489 e. The summed E-state index contributed by atoms with van der Waals surface area (Å²) in [5, 5.41) is 15.9. The van der Waals surface area contributed by atoms with Gasteiger partial charge in [0.25, 0.3) is 0 Å². The van der Waals surface area contributed by atoms with Crippen LogP contribution in [0.1, 0.15) is 49.8 Å². The normalized spacial score (nSPS) is 22.8. The molecule has 4 nitrogen and oxygen atoms in total. The SMILES string of the molecule is CC1=CCC(C2CC(CNC(C)c3cccc4ccccc34)Oc3ccccc32)C=C1C(=O)O. The standard InChI is InChI=1S/C30H31NO3/c1-19-14-15-22(16-27(19)30(32)33)28-17-23(34-29-13-6-5-11-26(28)29)18-31-20(2)24-12-7-9-21-8-3-4-10-25(21)24/h3-14,16,20,22-23,28,31H,15,17-18H2,1-2H3,(H,32,33). The number of allylic oxidation sites excluding steroid dienone is 2. The van der Waals surface area contributed by atoms with Crippen molar-refractivity contribution in [3.05, 3.63) is 101 Å². The maximum absolute atomic E-state index is 11.8. The first kappa shape index (κ1) is 22.4. The van der Waals surface area contributed by atoms with E-state index in [9.17, 15) is 9.90 Å². The number of hydrogen-bond acceptors (Lipinski definition) is 3. The Kier molecular flexibility index (Phi) is 6.25. The van der Waals surface area contributed by atoms with Crippen molar-refractivity contribution in [3.8, 4) is 5.75 Å². The molecule has 1 aliphatic carbocycles. The van der Waals surface area contributed by atoms with Crippen LogP contribution in [-0.4, -0.2) is 23.7 Å². The van der Waals surface area contributed by atoms with E-state index in [0.717, 1.165) is 30.7 Å². The van der Waals surface area contributed by atoms with E-state index in [-0.39, 0.29) is 24.0 Å². The Morgan fingerprint density at radius 2 is 1.85 bits per heavy atom. The van der Waals surface area contributed by atoms with Gasteiger partial charge in [-0.15, -0.1) is 0 Å². The van der Waals surface area contributed by atoms with Crippen LogP contribution >= 0.6 is 0 Å². The molecule has 3 aromatic rings. The fourth-order valence-corrected chi connectivity index (χ4v) is 5.47. The number of para-hydroxylation sites is 1. The second kappa shape index (κ2) is 9.47. The van der Waals surface area contributed by atoms with E-state index in [1.165, 1.54) is 21.9 Å². The van der Waals surface area contributed by atoms with Gasteiger partial charge in [-0.2, -0.15) is 0 Å². The van der Waals surface area contributed by atoms with Gasteiger partial charge in [-0.1, -0.05) is 72.8 Å². The highest BCUT2D eigenvalue weighted by Gasteiger charge is 2.34. The van der Waals surface area contributed by atoms with E-state index >= 15 is 0 Å². The van der Waals surface area contributed by atoms with E-state index in [0.29, 0.717) is 5.57 Å². The molecular formula is C30H31NO3. The third-order valence-electron chi connectivity index (χ3n) is 7.32. The fraction of sp³-hybridized carbons (Fsp3) is 0.300. The Hall–Kier alpha value is -3.37. The lowest BCUT2D eigenvalue weighted by Crippen LogP contribution is -2.38. The summed E-state index contributed by atoms with van der Waals surface area (Å²) in [4.78, 5) is 11.8.